The zero-order valence-corrected chi connectivity index (χ0v) is 13.7. The summed E-state index contributed by atoms with van der Waals surface area (Å²) in [4.78, 5) is 25.8. The molecule has 0 saturated carbocycles. The summed E-state index contributed by atoms with van der Waals surface area (Å²) in [5.74, 6) is 0.260. The predicted molar refractivity (Wildman–Crippen MR) is 87.8 cm³/mol. The molecule has 23 heavy (non-hydrogen) atoms. The summed E-state index contributed by atoms with van der Waals surface area (Å²) in [5, 5.41) is 11.3. The van der Waals surface area contributed by atoms with Gasteiger partial charge in [0.15, 0.2) is 0 Å². The maximum atomic E-state index is 12.5. The van der Waals surface area contributed by atoms with Gasteiger partial charge in [0.2, 0.25) is 5.91 Å². The van der Waals surface area contributed by atoms with E-state index in [0.717, 1.165) is 12.8 Å². The van der Waals surface area contributed by atoms with E-state index in [1.807, 2.05) is 35.2 Å². The van der Waals surface area contributed by atoms with Crippen LogP contribution in [-0.4, -0.2) is 35.8 Å². The van der Waals surface area contributed by atoms with Crippen LogP contribution >= 0.6 is 0 Å². The number of benzene rings is 1. The molecule has 2 rings (SSSR count). The van der Waals surface area contributed by atoms with Gasteiger partial charge in [-0.15, -0.1) is 0 Å². The number of rotatable bonds is 4. The second-order valence-corrected chi connectivity index (χ2v) is 6.25. The van der Waals surface area contributed by atoms with Crippen molar-refractivity contribution in [1.82, 2.24) is 10.2 Å². The van der Waals surface area contributed by atoms with Gasteiger partial charge in [-0.25, -0.2) is 0 Å². The van der Waals surface area contributed by atoms with Crippen molar-refractivity contribution in [1.29, 1.82) is 5.26 Å². The molecule has 1 N–H and O–H groups in total. The number of carbonyl (C=O) groups excluding carboxylic acids is 2. The average Bonchev–Trinajstić information content (AvgIpc) is 2.55. The quantitative estimate of drug-likeness (QED) is 0.928. The van der Waals surface area contributed by atoms with Gasteiger partial charge in [-0.2, -0.15) is 5.26 Å². The van der Waals surface area contributed by atoms with Gasteiger partial charge in [0.25, 0.3) is 5.91 Å². The lowest BCUT2D eigenvalue weighted by Gasteiger charge is -2.32. The summed E-state index contributed by atoms with van der Waals surface area (Å²) in [6, 6.07) is 9.69. The predicted octanol–water partition coefficient (Wildman–Crippen LogP) is 2.44. The number of piperidine rings is 1. The molecule has 1 heterocycles. The second-order valence-electron chi connectivity index (χ2n) is 6.25. The molecule has 1 aliphatic rings. The number of nitriles is 1. The number of nitrogens with zero attached hydrogens (tertiary/aromatic N) is 2. The van der Waals surface area contributed by atoms with Crippen molar-refractivity contribution in [3.8, 4) is 6.07 Å². The highest BCUT2D eigenvalue weighted by Gasteiger charge is 2.24. The fraction of sp³-hybridized carbons (Fsp3) is 0.500. The first kappa shape index (κ1) is 17.0. The molecule has 1 aromatic rings. The lowest BCUT2D eigenvalue weighted by atomic mass is 10.0. The van der Waals surface area contributed by atoms with Crippen LogP contribution < -0.4 is 5.32 Å². The zero-order valence-electron chi connectivity index (χ0n) is 13.7. The largest absolute Gasteiger partial charge is 0.352 e. The normalized spacial score (nSPS) is 15.3. The van der Waals surface area contributed by atoms with Crippen LogP contribution in [0.5, 0.6) is 0 Å². The fourth-order valence-corrected chi connectivity index (χ4v) is 2.77. The molecule has 1 aromatic carbocycles. The van der Waals surface area contributed by atoms with E-state index in [0.29, 0.717) is 24.6 Å². The van der Waals surface area contributed by atoms with Crippen molar-refractivity contribution in [3.05, 3.63) is 35.4 Å². The Hall–Kier alpha value is -2.35. The number of amides is 2. The van der Waals surface area contributed by atoms with Gasteiger partial charge in [0, 0.05) is 24.7 Å². The summed E-state index contributed by atoms with van der Waals surface area (Å²) >= 11 is 0. The highest BCUT2D eigenvalue weighted by Crippen LogP contribution is 2.18. The Morgan fingerprint density at radius 3 is 2.39 bits per heavy atom. The fourth-order valence-electron chi connectivity index (χ4n) is 2.77. The topological polar surface area (TPSA) is 73.2 Å². The maximum Gasteiger partial charge on any atom is 0.253 e. The maximum absolute atomic E-state index is 12.5. The van der Waals surface area contributed by atoms with Crippen LogP contribution in [-0.2, 0) is 4.79 Å². The number of carbonyl (C=O) groups is 2. The second kappa shape index (κ2) is 7.77. The molecule has 0 aromatic heterocycles. The first-order valence-electron chi connectivity index (χ1n) is 8.06. The highest BCUT2D eigenvalue weighted by molar-refractivity contribution is 5.94. The van der Waals surface area contributed by atoms with Gasteiger partial charge in [-0.05, 0) is 36.5 Å². The molecule has 1 saturated heterocycles. The lowest BCUT2D eigenvalue weighted by Crippen LogP contribution is -2.46. The SMILES string of the molecule is CC(C)c1ccc(C(=O)N2CCC(NC(=O)CC#N)CC2)cc1. The van der Waals surface area contributed by atoms with Crippen LogP contribution in [0.3, 0.4) is 0 Å². The van der Waals surface area contributed by atoms with Gasteiger partial charge in [0.05, 0.1) is 6.07 Å². The summed E-state index contributed by atoms with van der Waals surface area (Å²) in [6.07, 6.45) is 1.35. The van der Waals surface area contributed by atoms with Gasteiger partial charge in [-0.3, -0.25) is 9.59 Å². The van der Waals surface area contributed by atoms with Crippen molar-refractivity contribution in [2.45, 2.75) is 45.1 Å². The minimum Gasteiger partial charge on any atom is -0.352 e. The number of hydrogen-bond acceptors (Lipinski definition) is 3. The molecule has 0 bridgehead atoms. The third kappa shape index (κ3) is 4.56. The van der Waals surface area contributed by atoms with Gasteiger partial charge < -0.3 is 10.2 Å². The zero-order chi connectivity index (χ0) is 16.8. The van der Waals surface area contributed by atoms with Crippen LogP contribution in [0.25, 0.3) is 0 Å². The third-order valence-electron chi connectivity index (χ3n) is 4.21. The van der Waals surface area contributed by atoms with Gasteiger partial charge in [0.1, 0.15) is 6.42 Å². The molecule has 0 unspecified atom stereocenters. The molecule has 5 heteroatoms. The molecule has 122 valence electrons. The van der Waals surface area contributed by atoms with Crippen LogP contribution in [0, 0.1) is 11.3 Å². The number of nitrogens with one attached hydrogen (secondary N) is 1. The van der Waals surface area contributed by atoms with Crippen molar-refractivity contribution >= 4 is 11.8 Å². The first-order chi connectivity index (χ1) is 11.0. The van der Waals surface area contributed by atoms with Crippen molar-refractivity contribution < 1.29 is 9.59 Å². The lowest BCUT2D eigenvalue weighted by molar-refractivity contribution is -0.121. The molecule has 2 amide bonds. The summed E-state index contributed by atoms with van der Waals surface area (Å²) in [7, 11) is 0. The van der Waals surface area contributed by atoms with E-state index in [9.17, 15) is 9.59 Å². The van der Waals surface area contributed by atoms with E-state index in [1.54, 1.807) is 0 Å². The summed E-state index contributed by atoms with van der Waals surface area (Å²) < 4.78 is 0. The van der Waals surface area contributed by atoms with Crippen LogP contribution in [0.15, 0.2) is 24.3 Å². The molecule has 5 nitrogen and oxygen atoms in total. The minimum absolute atomic E-state index is 0.0436. The van der Waals surface area contributed by atoms with Crippen molar-refractivity contribution in [3.63, 3.8) is 0 Å². The van der Waals surface area contributed by atoms with Gasteiger partial charge >= 0.3 is 0 Å². The Kier molecular flexibility index (Phi) is 5.75. The Morgan fingerprint density at radius 1 is 1.26 bits per heavy atom. The van der Waals surface area contributed by atoms with E-state index in [1.165, 1.54) is 5.56 Å². The third-order valence-corrected chi connectivity index (χ3v) is 4.21. The molecular weight excluding hydrogens is 290 g/mol. The highest BCUT2D eigenvalue weighted by atomic mass is 16.2. The van der Waals surface area contributed by atoms with Crippen molar-refractivity contribution in [2.24, 2.45) is 0 Å². The van der Waals surface area contributed by atoms with Crippen LogP contribution in [0.4, 0.5) is 0 Å². The van der Waals surface area contributed by atoms with Crippen molar-refractivity contribution in [2.75, 3.05) is 13.1 Å². The Morgan fingerprint density at radius 2 is 1.87 bits per heavy atom. The molecule has 0 aliphatic carbocycles. The van der Waals surface area contributed by atoms with E-state index in [4.69, 9.17) is 5.26 Å². The van der Waals surface area contributed by atoms with E-state index >= 15 is 0 Å². The van der Waals surface area contributed by atoms with Crippen LogP contribution in [0.1, 0.15) is 54.9 Å². The average molecular weight is 313 g/mol. The van der Waals surface area contributed by atoms with Crippen LogP contribution in [0.2, 0.25) is 0 Å². The smallest absolute Gasteiger partial charge is 0.253 e. The molecule has 1 fully saturated rings. The monoisotopic (exact) mass is 313 g/mol. The molecular formula is C18H23N3O2. The van der Waals surface area contributed by atoms with E-state index in [2.05, 4.69) is 19.2 Å². The summed E-state index contributed by atoms with van der Waals surface area (Å²) in [5.41, 5.74) is 1.93. The molecule has 1 aliphatic heterocycles. The van der Waals surface area contributed by atoms with E-state index in [-0.39, 0.29) is 24.3 Å². The standard InChI is InChI=1S/C18H23N3O2/c1-13(2)14-3-5-15(6-4-14)18(23)21-11-8-16(9-12-21)20-17(22)7-10-19/h3-6,13,16H,7-9,11-12H2,1-2H3,(H,20,22). The number of likely N-dealkylation sites (tertiary alicyclic amines) is 1. The van der Waals surface area contributed by atoms with E-state index < -0.39 is 0 Å². The first-order valence-corrected chi connectivity index (χ1v) is 8.06. The molecule has 0 radical (unpaired) electrons. The Bertz CT molecular complexity index is 594. The number of hydrogen-bond donors (Lipinski definition) is 1. The Balaban J connectivity index is 1.88. The molecule has 0 spiro atoms. The summed E-state index contributed by atoms with van der Waals surface area (Å²) in [6.45, 7) is 5.51. The van der Waals surface area contributed by atoms with Gasteiger partial charge in [-0.1, -0.05) is 26.0 Å². The Labute approximate surface area is 137 Å². The minimum atomic E-state index is -0.235. The molecule has 0 atom stereocenters.